The van der Waals surface area contributed by atoms with Crippen molar-refractivity contribution in [1.82, 2.24) is 4.31 Å². The summed E-state index contributed by atoms with van der Waals surface area (Å²) in [7, 11) is -3.61. The van der Waals surface area contributed by atoms with Crippen molar-refractivity contribution in [3.05, 3.63) is 112 Å². The summed E-state index contributed by atoms with van der Waals surface area (Å²) in [4.78, 5) is 2.00. The molecule has 240 valence electrons. The van der Waals surface area contributed by atoms with E-state index >= 15 is 0 Å². The van der Waals surface area contributed by atoms with Crippen molar-refractivity contribution in [2.24, 2.45) is 0 Å². The minimum Gasteiger partial charge on any atom is -1.00 e. The molecular weight excluding hydrogens is 628 g/mol. The molecule has 4 nitrogen and oxygen atoms in total. The molecule has 0 unspecified atom stereocenters. The molecule has 0 amide bonds. The molecule has 0 spiro atoms. The Morgan fingerprint density at radius 3 is 1.64 bits per heavy atom. The third-order valence-corrected chi connectivity index (χ3v) is 9.60. The van der Waals surface area contributed by atoms with Crippen LogP contribution in [0.4, 0.5) is 0 Å². The largest absolute Gasteiger partial charge is 1.00 e. The first-order valence-corrected chi connectivity index (χ1v) is 17.4. The lowest BCUT2D eigenvalue weighted by Crippen LogP contribution is -3.12. The number of hydrogen-bond acceptors (Lipinski definition) is 2. The Bertz CT molecular complexity index is 1490. The van der Waals surface area contributed by atoms with Gasteiger partial charge in [-0.3, -0.25) is 0 Å². The Kier molecular flexibility index (Phi) is 15.8. The van der Waals surface area contributed by atoms with Gasteiger partial charge in [-0.15, -0.1) is 0 Å². The van der Waals surface area contributed by atoms with Gasteiger partial charge in [0.25, 0.3) is 0 Å². The lowest BCUT2D eigenvalue weighted by atomic mass is 10.1. The Balaban J connectivity index is 0.000000579. The maximum absolute atomic E-state index is 13.8. The normalized spacial score (nSPS) is 11.4. The molecule has 0 saturated carbocycles. The van der Waals surface area contributed by atoms with Crippen LogP contribution in [-0.2, 0) is 16.6 Å². The summed E-state index contributed by atoms with van der Waals surface area (Å²) in [5, 5.41) is 2.01. The molecule has 0 radical (unpaired) electrons. The number of halogens is 1. The van der Waals surface area contributed by atoms with Crippen molar-refractivity contribution < 1.29 is 30.3 Å². The van der Waals surface area contributed by atoms with E-state index in [4.69, 9.17) is 0 Å². The number of nitrogens with zero attached hydrogens (tertiary/aromatic N) is 1. The van der Waals surface area contributed by atoms with Gasteiger partial charge in [0.15, 0.2) is 0 Å². The number of hydrogen-bond donors (Lipinski definition) is 1. The number of rotatable bonds is 13. The first-order chi connectivity index (χ1) is 20.5. The van der Waals surface area contributed by atoms with Crippen molar-refractivity contribution in [3.8, 4) is 0 Å². The summed E-state index contributed by atoms with van der Waals surface area (Å²) >= 11 is 0. The van der Waals surface area contributed by atoms with Crippen LogP contribution in [0, 0.1) is 34.6 Å². The number of sulfonamides is 1. The number of unbranched alkanes of at least 4 members (excludes halogenated alkanes) is 1. The first kappa shape index (κ1) is 37.7. The average Bonchev–Trinajstić information content (AvgIpc) is 2.93. The molecule has 0 aliphatic rings. The first-order valence-electron chi connectivity index (χ1n) is 16.0. The summed E-state index contributed by atoms with van der Waals surface area (Å²) in [6, 6.07) is 26.3. The van der Waals surface area contributed by atoms with Crippen LogP contribution in [0.1, 0.15) is 72.9 Å². The topological polar surface area (TPSA) is 41.8 Å². The molecule has 0 heterocycles. The Hall–Kier alpha value is -2.51. The van der Waals surface area contributed by atoms with E-state index in [0.717, 1.165) is 46.8 Å². The molecule has 0 fully saturated rings. The number of fused-ring (bicyclic) bond motifs is 1. The summed E-state index contributed by atoms with van der Waals surface area (Å²) in [6.07, 6.45) is 4.27. The van der Waals surface area contributed by atoms with Gasteiger partial charge in [-0.25, -0.2) is 8.42 Å². The fourth-order valence-corrected chi connectivity index (χ4v) is 7.58. The summed E-state index contributed by atoms with van der Waals surface area (Å²) < 4.78 is 29.3. The van der Waals surface area contributed by atoms with E-state index < -0.39 is 10.0 Å². The van der Waals surface area contributed by atoms with Gasteiger partial charge in [0.05, 0.1) is 24.5 Å². The number of benzene rings is 4. The number of aryl methyl sites for hydroxylation is 5. The van der Waals surface area contributed by atoms with Gasteiger partial charge in [0, 0.05) is 13.1 Å². The zero-order chi connectivity index (χ0) is 31.4. The zero-order valence-corrected chi connectivity index (χ0v) is 30.3. The van der Waals surface area contributed by atoms with E-state index in [1.807, 2.05) is 36.4 Å². The van der Waals surface area contributed by atoms with Crippen molar-refractivity contribution >= 4 is 20.8 Å². The van der Waals surface area contributed by atoms with Crippen LogP contribution in [-0.4, -0.2) is 38.9 Å². The lowest BCUT2D eigenvalue weighted by Gasteiger charge is -2.24. The second kappa shape index (κ2) is 18.5. The van der Waals surface area contributed by atoms with Gasteiger partial charge in [0.1, 0.15) is 0 Å². The summed E-state index contributed by atoms with van der Waals surface area (Å²) in [6.45, 7) is 19.4. The van der Waals surface area contributed by atoms with E-state index in [9.17, 15) is 8.42 Å². The predicted octanol–water partition coefficient (Wildman–Crippen LogP) is 4.75. The SMILES string of the molecule is CCC[NH+](CCC)CCCCN(Cc1cc(C)cc(C)c1)S(=O)(=O)c1ccc2ccccc2c1.Cc1cc(C)cc(C)c1.[Br-]. The lowest BCUT2D eigenvalue weighted by molar-refractivity contribution is -0.900. The zero-order valence-electron chi connectivity index (χ0n) is 27.9. The predicted molar refractivity (Wildman–Crippen MR) is 183 cm³/mol. The smallest absolute Gasteiger partial charge is 0.243 e. The maximum atomic E-state index is 13.8. The van der Waals surface area contributed by atoms with Gasteiger partial charge < -0.3 is 21.9 Å². The third kappa shape index (κ3) is 11.8. The highest BCUT2D eigenvalue weighted by Crippen LogP contribution is 2.24. The van der Waals surface area contributed by atoms with Crippen LogP contribution in [0.2, 0.25) is 0 Å². The van der Waals surface area contributed by atoms with Crippen molar-refractivity contribution in [2.45, 2.75) is 85.6 Å². The second-order valence-corrected chi connectivity index (χ2v) is 14.2. The highest BCUT2D eigenvalue weighted by molar-refractivity contribution is 7.89. The van der Waals surface area contributed by atoms with Gasteiger partial charge in [-0.05, 0) is 88.8 Å². The fourth-order valence-electron chi connectivity index (χ4n) is 6.07. The Morgan fingerprint density at radius 2 is 1.11 bits per heavy atom. The van der Waals surface area contributed by atoms with Gasteiger partial charge in [-0.1, -0.05) is 108 Å². The molecule has 44 heavy (non-hydrogen) atoms. The van der Waals surface area contributed by atoms with Crippen molar-refractivity contribution in [2.75, 3.05) is 26.2 Å². The van der Waals surface area contributed by atoms with Crippen molar-refractivity contribution in [3.63, 3.8) is 0 Å². The molecule has 0 saturated heterocycles. The summed E-state index contributed by atoms with van der Waals surface area (Å²) in [5.74, 6) is 0. The molecule has 0 aliphatic heterocycles. The van der Waals surface area contributed by atoms with Crippen LogP contribution in [0.5, 0.6) is 0 Å². The third-order valence-electron chi connectivity index (χ3n) is 7.76. The number of nitrogens with one attached hydrogen (secondary N) is 1. The van der Waals surface area contributed by atoms with Crippen LogP contribution in [0.25, 0.3) is 10.8 Å². The molecule has 6 heteroatoms. The van der Waals surface area contributed by atoms with E-state index in [-0.39, 0.29) is 17.0 Å². The molecule has 1 N–H and O–H groups in total. The number of quaternary nitrogens is 1. The molecule has 4 aromatic rings. The Labute approximate surface area is 278 Å². The fraction of sp³-hybridized carbons (Fsp3) is 0.421. The van der Waals surface area contributed by atoms with E-state index in [1.165, 1.54) is 42.6 Å². The maximum Gasteiger partial charge on any atom is 0.243 e. The molecule has 0 atom stereocenters. The molecular formula is C38H53BrN2O2S. The molecule has 0 aliphatic carbocycles. The standard InChI is InChI=1S/C29H40N2O2S.C9H12.BrH/c1-5-15-30(16-6-2)17-9-10-18-31(23-26-20-24(3)19-25(4)21-26)34(32,33)29-14-13-27-11-7-8-12-28(27)22-29;1-7-4-8(2)6-9(3)5-7;/h7-8,11-14,19-22H,5-6,9-10,15-18,23H2,1-4H3;4-6H,1-3H3;1H. The average molecular weight is 682 g/mol. The minimum absolute atomic E-state index is 0. The minimum atomic E-state index is -3.61. The highest BCUT2D eigenvalue weighted by Gasteiger charge is 2.25. The van der Waals surface area contributed by atoms with Gasteiger partial charge in [-0.2, -0.15) is 4.31 Å². The monoisotopic (exact) mass is 680 g/mol. The van der Waals surface area contributed by atoms with Gasteiger partial charge >= 0.3 is 0 Å². The van der Waals surface area contributed by atoms with E-state index in [1.54, 1.807) is 15.3 Å². The van der Waals surface area contributed by atoms with Crippen molar-refractivity contribution in [1.29, 1.82) is 0 Å². The molecule has 0 bridgehead atoms. The van der Waals surface area contributed by atoms with Gasteiger partial charge in [0.2, 0.25) is 10.0 Å². The highest BCUT2D eigenvalue weighted by atomic mass is 79.9. The van der Waals surface area contributed by atoms with Crippen LogP contribution in [0.3, 0.4) is 0 Å². The quantitative estimate of drug-likeness (QED) is 0.207. The molecule has 4 rings (SSSR count). The second-order valence-electron chi connectivity index (χ2n) is 12.2. The molecule has 0 aromatic heterocycles. The molecule has 4 aromatic carbocycles. The van der Waals surface area contributed by atoms with Crippen LogP contribution in [0.15, 0.2) is 83.8 Å². The Morgan fingerprint density at radius 1 is 0.614 bits per heavy atom. The summed E-state index contributed by atoms with van der Waals surface area (Å²) in [5.41, 5.74) is 7.44. The van der Waals surface area contributed by atoms with Crippen LogP contribution >= 0.6 is 0 Å². The van der Waals surface area contributed by atoms with E-state index in [0.29, 0.717) is 18.0 Å². The van der Waals surface area contributed by atoms with E-state index in [2.05, 4.69) is 84.9 Å². The van der Waals surface area contributed by atoms with Crippen LogP contribution < -0.4 is 21.9 Å².